The maximum Gasteiger partial charge on any atom is 0.209 e. The Morgan fingerprint density at radius 3 is 2.60 bits per heavy atom. The van der Waals surface area contributed by atoms with Gasteiger partial charge in [-0.3, -0.25) is 0 Å². The van der Waals surface area contributed by atoms with Crippen LogP contribution in [0.2, 0.25) is 0 Å². The van der Waals surface area contributed by atoms with Crippen molar-refractivity contribution in [3.8, 4) is 0 Å². The minimum Gasteiger partial charge on any atom is -0.389 e. The summed E-state index contributed by atoms with van der Waals surface area (Å²) in [5.41, 5.74) is 7.47. The van der Waals surface area contributed by atoms with E-state index in [-0.39, 0.29) is 5.41 Å². The Hall–Kier alpha value is -1.53. The Bertz CT molecular complexity index is 628. The van der Waals surface area contributed by atoms with Crippen LogP contribution in [-0.2, 0) is 5.41 Å². The first kappa shape index (κ1) is 14.9. The highest BCUT2D eigenvalue weighted by atomic mass is 32.1. The van der Waals surface area contributed by atoms with Crippen LogP contribution in [0.4, 0.5) is 10.8 Å². The molecule has 1 heterocycles. The second-order valence-corrected chi connectivity index (χ2v) is 6.79. The summed E-state index contributed by atoms with van der Waals surface area (Å²) >= 11 is 6.41. The van der Waals surface area contributed by atoms with E-state index in [1.165, 1.54) is 11.5 Å². The van der Waals surface area contributed by atoms with E-state index in [9.17, 15) is 0 Å². The van der Waals surface area contributed by atoms with E-state index in [0.29, 0.717) is 4.99 Å². The van der Waals surface area contributed by atoms with Crippen molar-refractivity contribution in [2.45, 2.75) is 26.2 Å². The van der Waals surface area contributed by atoms with Crippen molar-refractivity contribution < 1.29 is 0 Å². The third kappa shape index (κ3) is 3.13. The summed E-state index contributed by atoms with van der Waals surface area (Å²) in [4.78, 5) is 6.99. The zero-order valence-electron chi connectivity index (χ0n) is 12.0. The number of aromatic nitrogens is 2. The molecule has 4 nitrogen and oxygen atoms in total. The summed E-state index contributed by atoms with van der Waals surface area (Å²) < 4.78 is 4.43. The largest absolute Gasteiger partial charge is 0.389 e. The van der Waals surface area contributed by atoms with E-state index < -0.39 is 0 Å². The highest BCUT2D eigenvalue weighted by Gasteiger charge is 2.21. The lowest BCUT2D eigenvalue weighted by Gasteiger charge is -2.17. The Labute approximate surface area is 128 Å². The molecule has 1 aromatic heterocycles. The van der Waals surface area contributed by atoms with E-state index in [0.717, 1.165) is 22.2 Å². The Morgan fingerprint density at radius 1 is 1.35 bits per heavy atom. The van der Waals surface area contributed by atoms with Crippen molar-refractivity contribution in [2.75, 3.05) is 11.9 Å². The van der Waals surface area contributed by atoms with Crippen molar-refractivity contribution in [3.63, 3.8) is 0 Å². The number of hydrogen-bond donors (Lipinski definition) is 1. The van der Waals surface area contributed by atoms with Gasteiger partial charge < -0.3 is 10.6 Å². The van der Waals surface area contributed by atoms with Crippen molar-refractivity contribution in [2.24, 2.45) is 5.73 Å². The monoisotopic (exact) mass is 306 g/mol. The van der Waals surface area contributed by atoms with Crippen LogP contribution in [0.25, 0.3) is 0 Å². The van der Waals surface area contributed by atoms with Gasteiger partial charge in [0.1, 0.15) is 10.8 Å². The summed E-state index contributed by atoms with van der Waals surface area (Å²) in [7, 11) is 1.96. The van der Waals surface area contributed by atoms with Gasteiger partial charge in [0.05, 0.1) is 0 Å². The molecule has 1 aromatic carbocycles. The fourth-order valence-corrected chi connectivity index (χ4v) is 2.60. The Balaban J connectivity index is 2.31. The fraction of sp³-hybridized carbons (Fsp3) is 0.357. The first-order valence-electron chi connectivity index (χ1n) is 6.27. The first-order valence-corrected chi connectivity index (χ1v) is 7.45. The third-order valence-electron chi connectivity index (χ3n) is 2.89. The molecule has 2 aromatic rings. The summed E-state index contributed by atoms with van der Waals surface area (Å²) in [5, 5.41) is 0.856. The maximum absolute atomic E-state index is 5.67. The lowest BCUT2D eigenvalue weighted by Crippen LogP contribution is -2.15. The van der Waals surface area contributed by atoms with Crippen molar-refractivity contribution in [1.29, 1.82) is 0 Å². The van der Waals surface area contributed by atoms with Crippen molar-refractivity contribution in [3.05, 3.63) is 35.7 Å². The van der Waals surface area contributed by atoms with Crippen LogP contribution in [0.1, 0.15) is 32.2 Å². The van der Waals surface area contributed by atoms with E-state index in [1.807, 2.05) is 36.2 Å². The summed E-state index contributed by atoms with van der Waals surface area (Å²) in [6, 6.07) is 7.80. The summed E-state index contributed by atoms with van der Waals surface area (Å²) in [6.07, 6.45) is 0. The normalized spacial score (nSPS) is 11.4. The molecule has 0 unspecified atom stereocenters. The van der Waals surface area contributed by atoms with E-state index in [1.54, 1.807) is 0 Å². The molecule has 0 saturated heterocycles. The molecule has 0 bridgehead atoms. The molecule has 20 heavy (non-hydrogen) atoms. The smallest absolute Gasteiger partial charge is 0.209 e. The summed E-state index contributed by atoms with van der Waals surface area (Å²) in [6.45, 7) is 6.31. The molecule has 0 radical (unpaired) electrons. The number of nitrogens with zero attached hydrogens (tertiary/aromatic N) is 3. The standard InChI is InChI=1S/C14H18N4S2/c1-14(2,3)12-16-13(20-17-12)18(4)10-7-5-6-9(8-10)11(15)19/h5-8H,1-4H3,(H2,15,19). The van der Waals surface area contributed by atoms with Gasteiger partial charge in [0.2, 0.25) is 5.13 Å². The second kappa shape index (κ2) is 5.46. The second-order valence-electron chi connectivity index (χ2n) is 5.62. The maximum atomic E-state index is 5.67. The van der Waals surface area contributed by atoms with Gasteiger partial charge >= 0.3 is 0 Å². The van der Waals surface area contributed by atoms with E-state index >= 15 is 0 Å². The third-order valence-corrected chi connectivity index (χ3v) is 3.92. The molecule has 0 saturated carbocycles. The zero-order valence-corrected chi connectivity index (χ0v) is 13.7. The van der Waals surface area contributed by atoms with E-state index in [2.05, 4.69) is 30.1 Å². The number of thiocarbonyl (C=S) groups is 1. The molecular weight excluding hydrogens is 288 g/mol. The lowest BCUT2D eigenvalue weighted by atomic mass is 9.96. The van der Waals surface area contributed by atoms with E-state index in [4.69, 9.17) is 18.0 Å². The highest BCUT2D eigenvalue weighted by molar-refractivity contribution is 7.80. The molecule has 0 aliphatic carbocycles. The quantitative estimate of drug-likeness (QED) is 0.882. The van der Waals surface area contributed by atoms with Gasteiger partial charge in [-0.05, 0) is 12.1 Å². The number of nitrogens with two attached hydrogens (primary N) is 1. The van der Waals surface area contributed by atoms with Gasteiger partial charge in [0.25, 0.3) is 0 Å². The topological polar surface area (TPSA) is 55.0 Å². The Morgan fingerprint density at radius 2 is 2.05 bits per heavy atom. The minimum atomic E-state index is -0.0454. The molecule has 0 atom stereocenters. The molecule has 0 amide bonds. The predicted octanol–water partition coefficient (Wildman–Crippen LogP) is 3.24. The zero-order chi connectivity index (χ0) is 14.9. The van der Waals surface area contributed by atoms with Gasteiger partial charge in [0.15, 0.2) is 0 Å². The molecule has 2 N–H and O–H groups in total. The Kier molecular flexibility index (Phi) is 4.06. The van der Waals surface area contributed by atoms with Gasteiger partial charge in [-0.1, -0.05) is 45.1 Å². The number of rotatable bonds is 3. The van der Waals surface area contributed by atoms with Gasteiger partial charge in [-0.2, -0.15) is 4.37 Å². The van der Waals surface area contributed by atoms with Gasteiger partial charge in [-0.25, -0.2) is 4.98 Å². The molecule has 0 spiro atoms. The number of hydrogen-bond acceptors (Lipinski definition) is 5. The molecular formula is C14H18N4S2. The molecule has 2 rings (SSSR count). The first-order chi connectivity index (χ1) is 9.29. The van der Waals surface area contributed by atoms with Gasteiger partial charge in [0, 0.05) is 35.2 Å². The van der Waals surface area contributed by atoms with Crippen LogP contribution in [0.3, 0.4) is 0 Å². The predicted molar refractivity (Wildman–Crippen MR) is 89.0 cm³/mol. The minimum absolute atomic E-state index is 0.0454. The number of benzene rings is 1. The molecule has 0 aliphatic rings. The average molecular weight is 306 g/mol. The van der Waals surface area contributed by atoms with Crippen molar-refractivity contribution in [1.82, 2.24) is 9.36 Å². The van der Waals surface area contributed by atoms with Crippen LogP contribution in [0.5, 0.6) is 0 Å². The summed E-state index contributed by atoms with van der Waals surface area (Å²) in [5.74, 6) is 0.856. The lowest BCUT2D eigenvalue weighted by molar-refractivity contribution is 0.555. The van der Waals surface area contributed by atoms with Crippen LogP contribution >= 0.6 is 23.8 Å². The average Bonchev–Trinajstić information content (AvgIpc) is 2.87. The highest BCUT2D eigenvalue weighted by Crippen LogP contribution is 2.29. The fourth-order valence-electron chi connectivity index (χ4n) is 1.63. The van der Waals surface area contributed by atoms with Crippen LogP contribution < -0.4 is 10.6 Å². The van der Waals surface area contributed by atoms with Gasteiger partial charge in [-0.15, -0.1) is 0 Å². The number of anilines is 2. The SMILES string of the molecule is CN(c1cccc(C(N)=S)c1)c1nc(C(C)(C)C)ns1. The van der Waals surface area contributed by atoms with Crippen LogP contribution in [0, 0.1) is 0 Å². The molecule has 0 fully saturated rings. The molecule has 6 heteroatoms. The molecule has 106 valence electrons. The molecule has 0 aliphatic heterocycles. The van der Waals surface area contributed by atoms with Crippen LogP contribution in [0.15, 0.2) is 24.3 Å². The van der Waals surface area contributed by atoms with Crippen LogP contribution in [-0.4, -0.2) is 21.4 Å². The van der Waals surface area contributed by atoms with Crippen molar-refractivity contribution >= 4 is 39.6 Å².